The molecule has 11 rings (SSSR count). The average molecular weight is 679 g/mol. The minimum atomic E-state index is -0.187. The van der Waals surface area contributed by atoms with Gasteiger partial charge in [0.05, 0.1) is 33.5 Å². The molecule has 0 spiro atoms. The summed E-state index contributed by atoms with van der Waals surface area (Å²) in [5, 5.41) is 4.64. The van der Waals surface area contributed by atoms with Crippen LogP contribution in [0.5, 0.6) is 0 Å². The van der Waals surface area contributed by atoms with Crippen molar-refractivity contribution in [2.45, 2.75) is 19.3 Å². The molecular formula is C49H34N4. The van der Waals surface area contributed by atoms with Crippen molar-refractivity contribution in [1.29, 1.82) is 0 Å². The van der Waals surface area contributed by atoms with Crippen molar-refractivity contribution in [3.05, 3.63) is 181 Å². The van der Waals surface area contributed by atoms with E-state index in [0.29, 0.717) is 5.95 Å². The van der Waals surface area contributed by atoms with E-state index in [2.05, 4.69) is 193 Å². The van der Waals surface area contributed by atoms with Crippen molar-refractivity contribution >= 4 is 43.6 Å². The summed E-state index contributed by atoms with van der Waals surface area (Å²) >= 11 is 0. The first-order valence-electron chi connectivity index (χ1n) is 18.3. The van der Waals surface area contributed by atoms with Gasteiger partial charge in [0.15, 0.2) is 0 Å². The SMILES string of the molecule is CC1(C)c2ccccc2-c2c1c1cc3c(cc1n2-c1ccccc1)c1ccccc1n3-c1nc(-c2ccc(-c3ccccc3)cc2)c2ccccc2n1. The second kappa shape index (κ2) is 11.1. The number of hydrogen-bond donors (Lipinski definition) is 0. The maximum Gasteiger partial charge on any atom is 0.235 e. The third kappa shape index (κ3) is 4.30. The second-order valence-electron chi connectivity index (χ2n) is 14.6. The first kappa shape index (κ1) is 29.9. The van der Waals surface area contributed by atoms with E-state index in [0.717, 1.165) is 38.9 Å². The summed E-state index contributed by atoms with van der Waals surface area (Å²) < 4.78 is 4.76. The molecule has 0 amide bonds. The molecule has 0 bridgehead atoms. The van der Waals surface area contributed by atoms with Crippen LogP contribution in [0.3, 0.4) is 0 Å². The molecule has 0 N–H and O–H groups in total. The third-order valence-corrected chi connectivity index (χ3v) is 11.3. The molecule has 4 nitrogen and oxygen atoms in total. The van der Waals surface area contributed by atoms with Gasteiger partial charge in [0.25, 0.3) is 0 Å². The van der Waals surface area contributed by atoms with Crippen LogP contribution < -0.4 is 0 Å². The van der Waals surface area contributed by atoms with Crippen LogP contribution in [0, 0.1) is 0 Å². The highest BCUT2D eigenvalue weighted by Gasteiger charge is 2.40. The summed E-state index contributed by atoms with van der Waals surface area (Å²) in [6, 6.07) is 60.8. The Morgan fingerprint density at radius 3 is 1.87 bits per heavy atom. The summed E-state index contributed by atoms with van der Waals surface area (Å²) in [4.78, 5) is 10.7. The molecule has 1 aliphatic carbocycles. The largest absolute Gasteiger partial charge is 0.309 e. The van der Waals surface area contributed by atoms with Crippen LogP contribution in [0.4, 0.5) is 0 Å². The van der Waals surface area contributed by atoms with Crippen LogP contribution in [-0.4, -0.2) is 19.1 Å². The predicted molar refractivity (Wildman–Crippen MR) is 219 cm³/mol. The Balaban J connectivity index is 1.21. The third-order valence-electron chi connectivity index (χ3n) is 11.3. The lowest BCUT2D eigenvalue weighted by Crippen LogP contribution is -2.14. The zero-order valence-corrected chi connectivity index (χ0v) is 29.5. The van der Waals surface area contributed by atoms with Crippen LogP contribution in [0.15, 0.2) is 170 Å². The Hall–Kier alpha value is -6.78. The molecule has 0 aliphatic heterocycles. The number of hydrogen-bond acceptors (Lipinski definition) is 2. The van der Waals surface area contributed by atoms with Gasteiger partial charge in [-0.2, -0.15) is 0 Å². The fourth-order valence-corrected chi connectivity index (χ4v) is 8.90. The lowest BCUT2D eigenvalue weighted by Gasteiger charge is -2.21. The van der Waals surface area contributed by atoms with Gasteiger partial charge in [0, 0.05) is 43.8 Å². The summed E-state index contributed by atoms with van der Waals surface area (Å²) in [5.41, 5.74) is 14.9. The molecular weight excluding hydrogens is 645 g/mol. The van der Waals surface area contributed by atoms with Crippen LogP contribution in [0.2, 0.25) is 0 Å². The van der Waals surface area contributed by atoms with Crippen LogP contribution in [0.25, 0.3) is 88.9 Å². The molecule has 7 aromatic carbocycles. The van der Waals surface area contributed by atoms with Gasteiger partial charge < -0.3 is 4.57 Å². The maximum absolute atomic E-state index is 5.43. The molecule has 0 atom stereocenters. The normalized spacial score (nSPS) is 13.2. The number of rotatable bonds is 4. The predicted octanol–water partition coefficient (Wildman–Crippen LogP) is 12.3. The molecule has 0 radical (unpaired) electrons. The maximum atomic E-state index is 5.43. The van der Waals surface area contributed by atoms with Crippen molar-refractivity contribution in [1.82, 2.24) is 19.1 Å². The van der Waals surface area contributed by atoms with E-state index < -0.39 is 0 Å². The van der Waals surface area contributed by atoms with Gasteiger partial charge in [-0.1, -0.05) is 147 Å². The molecule has 250 valence electrons. The van der Waals surface area contributed by atoms with Crippen molar-refractivity contribution in [3.8, 4) is 45.3 Å². The standard InChI is InChI=1S/C49H34N4/c1-49(2)40-22-12-9-20-36(40)47-45(49)39-30-43-38(29-44(39)52(47)34-17-7-4-8-18-34)35-19-11-14-24-42(35)53(43)48-50-41-23-13-10-21-37(41)46(51-48)33-27-25-32(26-28-33)31-15-5-3-6-16-31/h3-30H,1-2H3. The number of benzene rings is 7. The molecule has 4 heteroatoms. The Morgan fingerprint density at radius 1 is 0.453 bits per heavy atom. The summed E-state index contributed by atoms with van der Waals surface area (Å²) in [5.74, 6) is 0.665. The number of aromatic nitrogens is 4. The lowest BCUT2D eigenvalue weighted by atomic mass is 9.81. The van der Waals surface area contributed by atoms with Crippen molar-refractivity contribution in [3.63, 3.8) is 0 Å². The van der Waals surface area contributed by atoms with Gasteiger partial charge >= 0.3 is 0 Å². The monoisotopic (exact) mass is 678 g/mol. The van der Waals surface area contributed by atoms with Gasteiger partial charge in [-0.3, -0.25) is 4.57 Å². The highest BCUT2D eigenvalue weighted by Crippen LogP contribution is 2.54. The van der Waals surface area contributed by atoms with Crippen molar-refractivity contribution in [2.75, 3.05) is 0 Å². The highest BCUT2D eigenvalue weighted by atomic mass is 15.2. The minimum absolute atomic E-state index is 0.187. The summed E-state index contributed by atoms with van der Waals surface area (Å²) in [7, 11) is 0. The minimum Gasteiger partial charge on any atom is -0.309 e. The smallest absolute Gasteiger partial charge is 0.235 e. The molecule has 1 aliphatic rings. The Kier molecular flexibility index (Phi) is 6.27. The van der Waals surface area contributed by atoms with E-state index in [9.17, 15) is 0 Å². The van der Waals surface area contributed by atoms with E-state index in [4.69, 9.17) is 9.97 Å². The second-order valence-corrected chi connectivity index (χ2v) is 14.6. The molecule has 3 aromatic heterocycles. The molecule has 0 fully saturated rings. The van der Waals surface area contributed by atoms with Gasteiger partial charge in [-0.25, -0.2) is 9.97 Å². The molecule has 53 heavy (non-hydrogen) atoms. The van der Waals surface area contributed by atoms with Crippen LogP contribution >= 0.6 is 0 Å². The number of fused-ring (bicyclic) bond motifs is 9. The zero-order chi connectivity index (χ0) is 35.3. The van der Waals surface area contributed by atoms with E-state index in [-0.39, 0.29) is 5.41 Å². The molecule has 0 saturated carbocycles. The quantitative estimate of drug-likeness (QED) is 0.186. The topological polar surface area (TPSA) is 35.6 Å². The fraction of sp³-hybridized carbons (Fsp3) is 0.0612. The molecule has 0 saturated heterocycles. The molecule has 3 heterocycles. The highest BCUT2D eigenvalue weighted by molar-refractivity contribution is 6.15. The van der Waals surface area contributed by atoms with Crippen molar-refractivity contribution < 1.29 is 0 Å². The van der Waals surface area contributed by atoms with Gasteiger partial charge in [0.2, 0.25) is 5.95 Å². The van der Waals surface area contributed by atoms with Crippen LogP contribution in [0.1, 0.15) is 25.0 Å². The summed E-state index contributed by atoms with van der Waals surface area (Å²) in [6.07, 6.45) is 0. The Bertz CT molecular complexity index is 3060. The first-order chi connectivity index (χ1) is 26.1. The number of para-hydroxylation sites is 3. The Labute approximate surface area is 307 Å². The zero-order valence-electron chi connectivity index (χ0n) is 29.5. The fourth-order valence-electron chi connectivity index (χ4n) is 8.90. The van der Waals surface area contributed by atoms with Crippen LogP contribution in [-0.2, 0) is 5.41 Å². The van der Waals surface area contributed by atoms with Gasteiger partial charge in [-0.05, 0) is 58.7 Å². The van der Waals surface area contributed by atoms with E-state index in [1.165, 1.54) is 55.2 Å². The van der Waals surface area contributed by atoms with Crippen molar-refractivity contribution in [2.24, 2.45) is 0 Å². The van der Waals surface area contributed by atoms with Gasteiger partial charge in [-0.15, -0.1) is 0 Å². The lowest BCUT2D eigenvalue weighted by molar-refractivity contribution is 0.666. The van der Waals surface area contributed by atoms with E-state index in [1.807, 2.05) is 0 Å². The first-order valence-corrected chi connectivity index (χ1v) is 18.3. The van der Waals surface area contributed by atoms with E-state index in [1.54, 1.807) is 0 Å². The Morgan fingerprint density at radius 2 is 1.06 bits per heavy atom. The average Bonchev–Trinajstić information content (AvgIpc) is 3.81. The molecule has 0 unspecified atom stereocenters. The van der Waals surface area contributed by atoms with E-state index >= 15 is 0 Å². The molecule has 10 aromatic rings. The summed E-state index contributed by atoms with van der Waals surface area (Å²) in [6.45, 7) is 4.74. The van der Waals surface area contributed by atoms with Gasteiger partial charge in [0.1, 0.15) is 0 Å². The number of nitrogens with zero attached hydrogens (tertiary/aromatic N) is 4.